The third kappa shape index (κ3) is 3.76. The zero-order chi connectivity index (χ0) is 16.0. The molecule has 1 aliphatic rings. The molecule has 1 heterocycles. The van der Waals surface area contributed by atoms with E-state index in [1.807, 2.05) is 6.92 Å². The highest BCUT2D eigenvalue weighted by Crippen LogP contribution is 2.30. The first-order valence-corrected chi connectivity index (χ1v) is 7.39. The fourth-order valence-corrected chi connectivity index (χ4v) is 2.45. The van der Waals surface area contributed by atoms with Crippen LogP contribution in [-0.2, 0) is 9.53 Å². The van der Waals surface area contributed by atoms with Crippen molar-refractivity contribution in [1.29, 1.82) is 0 Å². The van der Waals surface area contributed by atoms with E-state index < -0.39 is 11.4 Å². The Kier molecular flexibility index (Phi) is 5.38. The van der Waals surface area contributed by atoms with Gasteiger partial charge in [-0.25, -0.2) is 0 Å². The summed E-state index contributed by atoms with van der Waals surface area (Å²) in [5.74, 6) is -0.469. The predicted octanol–water partition coefficient (Wildman–Crippen LogP) is 1.70. The van der Waals surface area contributed by atoms with Gasteiger partial charge in [0.25, 0.3) is 5.91 Å². The van der Waals surface area contributed by atoms with Crippen molar-refractivity contribution in [1.82, 2.24) is 5.32 Å². The van der Waals surface area contributed by atoms with Crippen molar-refractivity contribution in [3.8, 4) is 5.75 Å². The molecule has 0 bridgehead atoms. The molecular formula is C16H21NO5. The van der Waals surface area contributed by atoms with Crippen LogP contribution in [0.2, 0.25) is 0 Å². The highest BCUT2D eigenvalue weighted by Gasteiger charge is 2.40. The highest BCUT2D eigenvalue weighted by molar-refractivity contribution is 5.94. The third-order valence-corrected chi connectivity index (χ3v) is 3.92. The fourth-order valence-electron chi connectivity index (χ4n) is 2.45. The maximum absolute atomic E-state index is 12.1. The zero-order valence-corrected chi connectivity index (χ0v) is 12.6. The van der Waals surface area contributed by atoms with E-state index in [9.17, 15) is 14.7 Å². The molecule has 1 saturated heterocycles. The standard InChI is InChI=1S/C16H21NO5/c1-2-22-13-5-3-12(4-6-13)14(18)17-11-16(15(19)20)7-9-21-10-8-16/h3-6H,2,7-11H2,1H3,(H,17,18)(H,19,20). The number of carbonyl (C=O) groups excluding carboxylic acids is 1. The summed E-state index contributed by atoms with van der Waals surface area (Å²) in [6.07, 6.45) is 0.817. The molecule has 0 radical (unpaired) electrons. The second-order valence-corrected chi connectivity index (χ2v) is 5.34. The molecule has 0 aliphatic carbocycles. The van der Waals surface area contributed by atoms with Crippen LogP contribution in [0.4, 0.5) is 0 Å². The molecule has 1 fully saturated rings. The number of ether oxygens (including phenoxy) is 2. The second kappa shape index (κ2) is 7.26. The lowest BCUT2D eigenvalue weighted by molar-refractivity contribution is -0.154. The quantitative estimate of drug-likeness (QED) is 0.835. The maximum atomic E-state index is 12.1. The molecule has 0 aromatic heterocycles. The summed E-state index contributed by atoms with van der Waals surface area (Å²) >= 11 is 0. The van der Waals surface area contributed by atoms with Gasteiger partial charge in [0.1, 0.15) is 5.75 Å². The van der Waals surface area contributed by atoms with E-state index in [4.69, 9.17) is 9.47 Å². The van der Waals surface area contributed by atoms with E-state index >= 15 is 0 Å². The molecule has 0 unspecified atom stereocenters. The van der Waals surface area contributed by atoms with Crippen molar-refractivity contribution < 1.29 is 24.2 Å². The summed E-state index contributed by atoms with van der Waals surface area (Å²) in [4.78, 5) is 23.7. The van der Waals surface area contributed by atoms with Gasteiger partial charge in [0.05, 0.1) is 12.0 Å². The van der Waals surface area contributed by atoms with Crippen LogP contribution in [-0.4, -0.2) is 43.3 Å². The van der Waals surface area contributed by atoms with Gasteiger partial charge in [-0.05, 0) is 44.0 Å². The highest BCUT2D eigenvalue weighted by atomic mass is 16.5. The van der Waals surface area contributed by atoms with Crippen LogP contribution < -0.4 is 10.1 Å². The van der Waals surface area contributed by atoms with Crippen LogP contribution in [0, 0.1) is 5.41 Å². The lowest BCUT2D eigenvalue weighted by Crippen LogP contribution is -2.46. The molecule has 0 atom stereocenters. The van der Waals surface area contributed by atoms with Gasteiger partial charge in [0.2, 0.25) is 0 Å². The first kappa shape index (κ1) is 16.3. The minimum atomic E-state index is -0.931. The van der Waals surface area contributed by atoms with Crippen molar-refractivity contribution in [3.05, 3.63) is 29.8 Å². The summed E-state index contributed by atoms with van der Waals surface area (Å²) in [7, 11) is 0. The molecule has 0 saturated carbocycles. The molecule has 1 amide bonds. The SMILES string of the molecule is CCOc1ccc(C(=O)NCC2(C(=O)O)CCOCC2)cc1. The lowest BCUT2D eigenvalue weighted by Gasteiger charge is -2.33. The molecule has 1 aliphatic heterocycles. The number of amides is 1. The predicted molar refractivity (Wildman–Crippen MR) is 80.1 cm³/mol. The molecule has 1 aromatic rings. The molecule has 1 aromatic carbocycles. The molecule has 120 valence electrons. The molecule has 6 heteroatoms. The molecular weight excluding hydrogens is 286 g/mol. The first-order valence-electron chi connectivity index (χ1n) is 7.39. The Morgan fingerprint density at radius 3 is 2.45 bits per heavy atom. The van der Waals surface area contributed by atoms with Crippen molar-refractivity contribution >= 4 is 11.9 Å². The van der Waals surface area contributed by atoms with Gasteiger partial charge in [0.15, 0.2) is 0 Å². The number of nitrogens with one attached hydrogen (secondary N) is 1. The zero-order valence-electron chi connectivity index (χ0n) is 12.6. The number of carbonyl (C=O) groups is 2. The van der Waals surface area contributed by atoms with Gasteiger partial charge in [0, 0.05) is 25.3 Å². The average molecular weight is 307 g/mol. The van der Waals surface area contributed by atoms with E-state index in [-0.39, 0.29) is 12.5 Å². The number of aliphatic carboxylic acids is 1. The molecule has 2 rings (SSSR count). The number of rotatable bonds is 6. The van der Waals surface area contributed by atoms with Gasteiger partial charge in [-0.1, -0.05) is 0 Å². The Labute approximate surface area is 129 Å². The normalized spacial score (nSPS) is 16.8. The van der Waals surface area contributed by atoms with Crippen molar-refractivity contribution in [3.63, 3.8) is 0 Å². The molecule has 0 spiro atoms. The van der Waals surface area contributed by atoms with Crippen molar-refractivity contribution in [2.75, 3.05) is 26.4 Å². The number of benzene rings is 1. The van der Waals surface area contributed by atoms with Gasteiger partial charge in [-0.2, -0.15) is 0 Å². The first-order chi connectivity index (χ1) is 10.6. The number of hydrogen-bond donors (Lipinski definition) is 2. The smallest absolute Gasteiger partial charge is 0.311 e. The van der Waals surface area contributed by atoms with E-state index in [1.165, 1.54) is 0 Å². The van der Waals surface area contributed by atoms with Crippen LogP contribution >= 0.6 is 0 Å². The molecule has 2 N–H and O–H groups in total. The van der Waals surface area contributed by atoms with Crippen LogP contribution in [0.3, 0.4) is 0 Å². The summed E-state index contributed by atoms with van der Waals surface area (Å²) in [5, 5.41) is 12.2. The lowest BCUT2D eigenvalue weighted by atomic mass is 9.80. The largest absolute Gasteiger partial charge is 0.494 e. The summed E-state index contributed by atoms with van der Waals surface area (Å²) in [5.41, 5.74) is -0.449. The Hall–Kier alpha value is -2.08. The van der Waals surface area contributed by atoms with Crippen LogP contribution in [0.15, 0.2) is 24.3 Å². The summed E-state index contributed by atoms with van der Waals surface area (Å²) < 4.78 is 10.5. The van der Waals surface area contributed by atoms with Gasteiger partial charge < -0.3 is 19.9 Å². The number of carboxylic acid groups (broad SMARTS) is 1. The molecule has 6 nitrogen and oxygen atoms in total. The van der Waals surface area contributed by atoms with Crippen LogP contribution in [0.25, 0.3) is 0 Å². The van der Waals surface area contributed by atoms with E-state index in [1.54, 1.807) is 24.3 Å². The van der Waals surface area contributed by atoms with E-state index in [0.29, 0.717) is 44.0 Å². The van der Waals surface area contributed by atoms with E-state index in [2.05, 4.69) is 5.32 Å². The monoisotopic (exact) mass is 307 g/mol. The average Bonchev–Trinajstić information content (AvgIpc) is 2.54. The summed E-state index contributed by atoms with van der Waals surface area (Å²) in [6, 6.07) is 6.77. The minimum absolute atomic E-state index is 0.109. The van der Waals surface area contributed by atoms with Crippen molar-refractivity contribution in [2.45, 2.75) is 19.8 Å². The minimum Gasteiger partial charge on any atom is -0.494 e. The number of carboxylic acids is 1. The second-order valence-electron chi connectivity index (χ2n) is 5.34. The van der Waals surface area contributed by atoms with Gasteiger partial charge >= 0.3 is 5.97 Å². The van der Waals surface area contributed by atoms with Gasteiger partial charge in [-0.3, -0.25) is 9.59 Å². The maximum Gasteiger partial charge on any atom is 0.311 e. The Morgan fingerprint density at radius 1 is 1.27 bits per heavy atom. The third-order valence-electron chi connectivity index (χ3n) is 3.92. The Balaban J connectivity index is 1.97. The summed E-state index contributed by atoms with van der Waals surface area (Å²) in [6.45, 7) is 3.38. The molecule has 22 heavy (non-hydrogen) atoms. The van der Waals surface area contributed by atoms with E-state index in [0.717, 1.165) is 0 Å². The Bertz CT molecular complexity index is 520. The number of hydrogen-bond acceptors (Lipinski definition) is 4. The van der Waals surface area contributed by atoms with Crippen molar-refractivity contribution in [2.24, 2.45) is 5.41 Å². The van der Waals surface area contributed by atoms with Gasteiger partial charge in [-0.15, -0.1) is 0 Å². The topological polar surface area (TPSA) is 84.9 Å². The van der Waals surface area contributed by atoms with Crippen LogP contribution in [0.1, 0.15) is 30.1 Å². The fraction of sp³-hybridized carbons (Fsp3) is 0.500. The Morgan fingerprint density at radius 2 is 1.91 bits per heavy atom. The van der Waals surface area contributed by atoms with Crippen LogP contribution in [0.5, 0.6) is 5.75 Å².